The number of carbonyl (C=O) groups excluding carboxylic acids is 2. The molecule has 1 aliphatic carbocycles. The van der Waals surface area contributed by atoms with E-state index in [1.807, 2.05) is 13.8 Å². The second kappa shape index (κ2) is 7.85. The number of hydrogen-bond donors (Lipinski definition) is 1. The lowest BCUT2D eigenvalue weighted by atomic mass is 9.95. The number of methoxy groups -OCH3 is 1. The Bertz CT molecular complexity index is 648. The highest BCUT2D eigenvalue weighted by Crippen LogP contribution is 2.38. The van der Waals surface area contributed by atoms with Gasteiger partial charge in [-0.1, -0.05) is 0 Å². The summed E-state index contributed by atoms with van der Waals surface area (Å²) in [5, 5.41) is 3.59. The van der Waals surface area contributed by atoms with Gasteiger partial charge in [-0.2, -0.15) is 0 Å². The van der Waals surface area contributed by atoms with Gasteiger partial charge < -0.3 is 14.8 Å². The molecule has 0 spiro atoms. The van der Waals surface area contributed by atoms with Crippen LogP contribution >= 0.6 is 11.3 Å². The molecule has 2 heterocycles. The molecule has 0 unspecified atom stereocenters. The topological polar surface area (TPSA) is 67.9 Å². The van der Waals surface area contributed by atoms with Crippen LogP contribution in [-0.4, -0.2) is 55.7 Å². The average Bonchev–Trinajstić information content (AvgIpc) is 2.90. The molecule has 2 aliphatic rings. The van der Waals surface area contributed by atoms with Crippen LogP contribution < -0.4 is 5.32 Å². The van der Waals surface area contributed by atoms with Crippen molar-refractivity contribution in [1.82, 2.24) is 4.90 Å². The van der Waals surface area contributed by atoms with Gasteiger partial charge in [0.1, 0.15) is 5.00 Å². The van der Waals surface area contributed by atoms with E-state index in [1.165, 1.54) is 23.3 Å². The van der Waals surface area contributed by atoms with Gasteiger partial charge in [0.2, 0.25) is 5.91 Å². The fourth-order valence-electron chi connectivity index (χ4n) is 3.75. The first-order chi connectivity index (χ1) is 12.0. The molecular formula is C18H26N2O4S. The van der Waals surface area contributed by atoms with Crippen LogP contribution in [0.4, 0.5) is 5.00 Å². The summed E-state index contributed by atoms with van der Waals surface area (Å²) >= 11 is 1.52. The number of carbonyl (C=O) groups is 2. The van der Waals surface area contributed by atoms with Crippen LogP contribution in [-0.2, 0) is 27.1 Å². The number of fused-ring (bicyclic) bond motifs is 1. The first kappa shape index (κ1) is 18.4. The molecule has 1 fully saturated rings. The molecule has 138 valence electrons. The molecule has 1 aromatic rings. The highest BCUT2D eigenvalue weighted by molar-refractivity contribution is 7.17. The van der Waals surface area contributed by atoms with E-state index in [2.05, 4.69) is 10.2 Å². The number of hydrogen-bond acceptors (Lipinski definition) is 6. The molecule has 0 aromatic carbocycles. The number of amides is 1. The molecule has 0 saturated carbocycles. The molecule has 1 saturated heterocycles. The summed E-state index contributed by atoms with van der Waals surface area (Å²) in [6.07, 6.45) is 4.30. The Hall–Kier alpha value is -1.44. The van der Waals surface area contributed by atoms with Crippen molar-refractivity contribution in [2.24, 2.45) is 0 Å². The number of nitrogens with zero attached hydrogens (tertiary/aromatic N) is 1. The molecule has 3 rings (SSSR count). The van der Waals surface area contributed by atoms with Crippen molar-refractivity contribution in [3.8, 4) is 0 Å². The summed E-state index contributed by atoms with van der Waals surface area (Å²) < 4.78 is 10.7. The van der Waals surface area contributed by atoms with Crippen LogP contribution in [0.25, 0.3) is 0 Å². The van der Waals surface area contributed by atoms with Crippen LogP contribution in [0.3, 0.4) is 0 Å². The molecule has 1 amide bonds. The second-order valence-corrected chi connectivity index (χ2v) is 8.01. The lowest BCUT2D eigenvalue weighted by molar-refractivity contribution is -0.121. The van der Waals surface area contributed by atoms with Gasteiger partial charge in [0.25, 0.3) is 0 Å². The molecule has 6 nitrogen and oxygen atoms in total. The van der Waals surface area contributed by atoms with Crippen molar-refractivity contribution in [2.75, 3.05) is 32.1 Å². The van der Waals surface area contributed by atoms with Crippen LogP contribution in [0.5, 0.6) is 0 Å². The highest BCUT2D eigenvalue weighted by Gasteiger charge is 2.28. The summed E-state index contributed by atoms with van der Waals surface area (Å²) in [5.74, 6) is -0.451. The van der Waals surface area contributed by atoms with Gasteiger partial charge in [0, 0.05) is 18.0 Å². The van der Waals surface area contributed by atoms with Crippen molar-refractivity contribution in [3.05, 3.63) is 16.0 Å². The molecule has 25 heavy (non-hydrogen) atoms. The fourth-order valence-corrected chi connectivity index (χ4v) is 5.05. The van der Waals surface area contributed by atoms with Crippen LogP contribution in [0.15, 0.2) is 0 Å². The Morgan fingerprint density at radius 3 is 2.60 bits per heavy atom. The summed E-state index contributed by atoms with van der Waals surface area (Å²) in [6.45, 7) is 5.82. The van der Waals surface area contributed by atoms with E-state index in [0.717, 1.165) is 44.3 Å². The predicted molar refractivity (Wildman–Crippen MR) is 97.4 cm³/mol. The zero-order valence-electron chi connectivity index (χ0n) is 15.1. The fraction of sp³-hybridized carbons (Fsp3) is 0.667. The van der Waals surface area contributed by atoms with E-state index >= 15 is 0 Å². The van der Waals surface area contributed by atoms with Gasteiger partial charge in [0.15, 0.2) is 0 Å². The van der Waals surface area contributed by atoms with E-state index in [-0.39, 0.29) is 24.1 Å². The third kappa shape index (κ3) is 4.22. The van der Waals surface area contributed by atoms with Crippen molar-refractivity contribution in [2.45, 2.75) is 51.7 Å². The summed E-state index contributed by atoms with van der Waals surface area (Å²) in [5.41, 5.74) is 1.62. The van der Waals surface area contributed by atoms with Crippen LogP contribution in [0.1, 0.15) is 47.5 Å². The minimum Gasteiger partial charge on any atom is -0.465 e. The van der Waals surface area contributed by atoms with Gasteiger partial charge in [-0.25, -0.2) is 4.79 Å². The predicted octanol–water partition coefficient (Wildman–Crippen LogP) is 2.46. The zero-order valence-corrected chi connectivity index (χ0v) is 15.9. The summed E-state index contributed by atoms with van der Waals surface area (Å²) in [6, 6.07) is 0. The number of thiophene rings is 1. The minimum atomic E-state index is -0.358. The quantitative estimate of drug-likeness (QED) is 0.829. The third-order valence-corrected chi connectivity index (χ3v) is 5.88. The number of aryl methyl sites for hydroxylation is 1. The Balaban J connectivity index is 1.72. The van der Waals surface area contributed by atoms with Crippen LogP contribution in [0, 0.1) is 0 Å². The molecular weight excluding hydrogens is 340 g/mol. The number of anilines is 1. The number of rotatable bonds is 4. The highest BCUT2D eigenvalue weighted by atomic mass is 32.1. The molecule has 1 N–H and O–H groups in total. The van der Waals surface area contributed by atoms with Gasteiger partial charge in [-0.05, 0) is 45.1 Å². The number of esters is 1. The summed E-state index contributed by atoms with van der Waals surface area (Å²) in [4.78, 5) is 28.1. The molecule has 7 heteroatoms. The van der Waals surface area contributed by atoms with Crippen molar-refractivity contribution in [3.63, 3.8) is 0 Å². The Labute approximate surface area is 152 Å². The maximum Gasteiger partial charge on any atom is 0.341 e. The molecule has 2 atom stereocenters. The van der Waals surface area contributed by atoms with E-state index in [1.54, 1.807) is 0 Å². The minimum absolute atomic E-state index is 0.0925. The molecule has 0 bridgehead atoms. The standard InChI is InChI=1S/C18H26N2O4S/c1-11-8-20(9-12(2)24-11)10-15(21)19-17-16(18(22)23-3)13-6-4-5-7-14(13)25-17/h11-12H,4-10H2,1-3H3,(H,19,21)/t11-,12-/m1/s1. The zero-order chi connectivity index (χ0) is 18.0. The van der Waals surface area contributed by atoms with Gasteiger partial charge >= 0.3 is 5.97 Å². The number of morpholine rings is 1. The molecule has 1 aromatic heterocycles. The SMILES string of the molecule is COC(=O)c1c(NC(=O)CN2C[C@@H](C)O[C@H](C)C2)sc2c1CCCC2. The first-order valence-electron chi connectivity index (χ1n) is 8.88. The Morgan fingerprint density at radius 2 is 1.92 bits per heavy atom. The first-order valence-corrected chi connectivity index (χ1v) is 9.70. The van der Waals surface area contributed by atoms with Gasteiger partial charge in [-0.15, -0.1) is 11.3 Å². The Kier molecular flexibility index (Phi) is 5.76. The average molecular weight is 366 g/mol. The number of nitrogens with one attached hydrogen (secondary N) is 1. The lowest BCUT2D eigenvalue weighted by Gasteiger charge is -2.34. The third-order valence-electron chi connectivity index (χ3n) is 4.68. The maximum atomic E-state index is 12.5. The normalized spacial score (nSPS) is 23.8. The number of ether oxygens (including phenoxy) is 2. The largest absolute Gasteiger partial charge is 0.465 e. The summed E-state index contributed by atoms with van der Waals surface area (Å²) in [7, 11) is 1.39. The lowest BCUT2D eigenvalue weighted by Crippen LogP contribution is -2.48. The van der Waals surface area contributed by atoms with Gasteiger partial charge in [-0.3, -0.25) is 9.69 Å². The Morgan fingerprint density at radius 1 is 1.24 bits per heavy atom. The second-order valence-electron chi connectivity index (χ2n) is 6.91. The maximum absolute atomic E-state index is 12.5. The van der Waals surface area contributed by atoms with Crippen molar-refractivity contribution >= 4 is 28.2 Å². The van der Waals surface area contributed by atoms with E-state index in [9.17, 15) is 9.59 Å². The van der Waals surface area contributed by atoms with Gasteiger partial charge in [0.05, 0.1) is 31.4 Å². The molecule has 1 aliphatic heterocycles. The monoisotopic (exact) mass is 366 g/mol. The van der Waals surface area contributed by atoms with E-state index < -0.39 is 0 Å². The smallest absolute Gasteiger partial charge is 0.341 e. The van der Waals surface area contributed by atoms with Crippen LogP contribution in [0.2, 0.25) is 0 Å². The molecule has 0 radical (unpaired) electrons. The van der Waals surface area contributed by atoms with E-state index in [4.69, 9.17) is 9.47 Å². The van der Waals surface area contributed by atoms with E-state index in [0.29, 0.717) is 17.1 Å². The van der Waals surface area contributed by atoms with Crippen molar-refractivity contribution in [1.29, 1.82) is 0 Å². The van der Waals surface area contributed by atoms with Crippen molar-refractivity contribution < 1.29 is 19.1 Å².